The van der Waals surface area contributed by atoms with E-state index in [1.54, 1.807) is 0 Å². The predicted molar refractivity (Wildman–Crippen MR) is 91.5 cm³/mol. The molecule has 7 nitrogen and oxygen atoms in total. The molecule has 0 spiro atoms. The summed E-state index contributed by atoms with van der Waals surface area (Å²) in [5, 5.41) is 0. The number of aromatic nitrogens is 2. The van der Waals surface area contributed by atoms with Gasteiger partial charge in [-0.25, -0.2) is 17.9 Å². The first-order valence-corrected chi connectivity index (χ1v) is 9.11. The van der Waals surface area contributed by atoms with E-state index >= 15 is 0 Å². The van der Waals surface area contributed by atoms with Crippen molar-refractivity contribution in [3.8, 4) is 0 Å². The molecule has 2 rings (SSSR count). The van der Waals surface area contributed by atoms with E-state index in [1.165, 1.54) is 19.7 Å². The fraction of sp³-hybridized carbons (Fsp3) is 0.375. The molecule has 0 radical (unpaired) electrons. The van der Waals surface area contributed by atoms with Gasteiger partial charge in [0.1, 0.15) is 0 Å². The molecule has 0 fully saturated rings. The minimum absolute atomic E-state index is 0.237. The Balaban J connectivity index is 1.97. The summed E-state index contributed by atoms with van der Waals surface area (Å²) < 4.78 is 28.8. The Labute approximate surface area is 140 Å². The molecule has 1 heterocycles. The van der Waals surface area contributed by atoms with Crippen LogP contribution in [0, 0.1) is 0 Å². The maximum absolute atomic E-state index is 12.3. The average molecular weight is 351 g/mol. The highest BCUT2D eigenvalue weighted by molar-refractivity contribution is 7.89. The van der Waals surface area contributed by atoms with Gasteiger partial charge in [-0.2, -0.15) is 0 Å². The van der Waals surface area contributed by atoms with Crippen molar-refractivity contribution in [1.82, 2.24) is 13.9 Å². The second-order valence-corrected chi connectivity index (χ2v) is 7.33. The van der Waals surface area contributed by atoms with Gasteiger partial charge in [-0.05, 0) is 24.8 Å². The number of hydrogen-bond acceptors (Lipinski definition) is 4. The van der Waals surface area contributed by atoms with E-state index < -0.39 is 26.2 Å². The van der Waals surface area contributed by atoms with Gasteiger partial charge >= 0.3 is 5.69 Å². The second kappa shape index (κ2) is 7.59. The van der Waals surface area contributed by atoms with Crippen molar-refractivity contribution in [2.45, 2.75) is 24.2 Å². The molecule has 1 aromatic heterocycles. The quantitative estimate of drug-likeness (QED) is 0.731. The molecule has 0 amide bonds. The van der Waals surface area contributed by atoms with Crippen LogP contribution >= 0.6 is 0 Å². The summed E-state index contributed by atoms with van der Waals surface area (Å²) >= 11 is 0. The minimum Gasteiger partial charge on any atom is -0.302 e. The molecule has 2 aromatic rings. The summed E-state index contributed by atoms with van der Waals surface area (Å²) in [5.74, 6) is 0. The molecule has 1 N–H and O–H groups in total. The minimum atomic E-state index is -3.94. The molecule has 0 bridgehead atoms. The summed E-state index contributed by atoms with van der Waals surface area (Å²) in [6, 6.07) is 9.93. The van der Waals surface area contributed by atoms with Gasteiger partial charge in [-0.3, -0.25) is 9.36 Å². The van der Waals surface area contributed by atoms with Gasteiger partial charge in [0, 0.05) is 26.8 Å². The lowest BCUT2D eigenvalue weighted by Gasteiger charge is -2.09. The summed E-state index contributed by atoms with van der Waals surface area (Å²) in [4.78, 5) is 23.2. The standard InChI is InChI=1S/C16H21N3O4S/c1-18-12-14(15(20)19(2)16(18)21)24(22,23)17-11-7-6-10-13-8-4-3-5-9-13/h3-5,8-9,12,17H,6-7,10-11H2,1-2H3. The number of sulfonamides is 1. The average Bonchev–Trinajstić information content (AvgIpc) is 2.56. The van der Waals surface area contributed by atoms with Crippen molar-refractivity contribution in [1.29, 1.82) is 0 Å². The molecule has 0 aliphatic heterocycles. The van der Waals surface area contributed by atoms with Crippen LogP contribution < -0.4 is 16.0 Å². The van der Waals surface area contributed by atoms with Crippen molar-refractivity contribution in [2.24, 2.45) is 14.1 Å². The third kappa shape index (κ3) is 4.21. The Hall–Kier alpha value is -2.19. The van der Waals surface area contributed by atoms with Crippen LogP contribution in [0.3, 0.4) is 0 Å². The molecule has 0 saturated carbocycles. The Bertz CT molecular complexity index is 915. The van der Waals surface area contributed by atoms with Crippen molar-refractivity contribution in [3.05, 3.63) is 62.9 Å². The van der Waals surface area contributed by atoms with Gasteiger partial charge in [0.15, 0.2) is 4.90 Å². The van der Waals surface area contributed by atoms with Gasteiger partial charge in [-0.15, -0.1) is 0 Å². The van der Waals surface area contributed by atoms with E-state index in [4.69, 9.17) is 0 Å². The van der Waals surface area contributed by atoms with Crippen LogP contribution in [0.15, 0.2) is 51.0 Å². The second-order valence-electron chi connectivity index (χ2n) is 5.59. The summed E-state index contributed by atoms with van der Waals surface area (Å²) in [5.41, 5.74) is -0.191. The smallest absolute Gasteiger partial charge is 0.302 e. The van der Waals surface area contributed by atoms with E-state index in [0.29, 0.717) is 6.42 Å². The number of nitrogens with one attached hydrogen (secondary N) is 1. The topological polar surface area (TPSA) is 90.2 Å². The number of aryl methyl sites for hydroxylation is 2. The van der Waals surface area contributed by atoms with Gasteiger partial charge in [0.05, 0.1) is 0 Å². The first kappa shape index (κ1) is 18.2. The Morgan fingerprint density at radius 2 is 1.71 bits per heavy atom. The van der Waals surface area contributed by atoms with E-state index in [2.05, 4.69) is 4.72 Å². The highest BCUT2D eigenvalue weighted by Gasteiger charge is 2.20. The lowest BCUT2D eigenvalue weighted by molar-refractivity contribution is 0.567. The van der Waals surface area contributed by atoms with E-state index in [-0.39, 0.29) is 6.54 Å². The van der Waals surface area contributed by atoms with Gasteiger partial charge < -0.3 is 4.57 Å². The van der Waals surface area contributed by atoms with Crippen LogP contribution in [0.5, 0.6) is 0 Å². The molecule has 0 unspecified atom stereocenters. The van der Waals surface area contributed by atoms with Crippen molar-refractivity contribution < 1.29 is 8.42 Å². The number of hydrogen-bond donors (Lipinski definition) is 1. The normalized spacial score (nSPS) is 11.6. The molecular weight excluding hydrogens is 330 g/mol. The third-order valence-electron chi connectivity index (χ3n) is 3.73. The Morgan fingerprint density at radius 3 is 2.38 bits per heavy atom. The number of rotatable bonds is 7. The molecule has 0 aliphatic carbocycles. The first-order valence-electron chi connectivity index (χ1n) is 7.63. The van der Waals surface area contributed by atoms with E-state index in [0.717, 1.165) is 28.2 Å². The van der Waals surface area contributed by atoms with Crippen LogP contribution in [0.25, 0.3) is 0 Å². The molecule has 130 valence electrons. The highest BCUT2D eigenvalue weighted by atomic mass is 32.2. The first-order chi connectivity index (χ1) is 11.3. The molecule has 0 atom stereocenters. The fourth-order valence-electron chi connectivity index (χ4n) is 2.34. The summed E-state index contributed by atoms with van der Waals surface area (Å²) in [6.45, 7) is 0.237. The Kier molecular flexibility index (Phi) is 5.74. The monoisotopic (exact) mass is 351 g/mol. The third-order valence-corrected chi connectivity index (χ3v) is 5.17. The largest absolute Gasteiger partial charge is 0.330 e. The maximum atomic E-state index is 12.3. The summed E-state index contributed by atoms with van der Waals surface area (Å²) in [7, 11) is -1.28. The summed E-state index contributed by atoms with van der Waals surface area (Å²) in [6.07, 6.45) is 3.40. The van der Waals surface area contributed by atoms with Crippen molar-refractivity contribution in [3.63, 3.8) is 0 Å². The van der Waals surface area contributed by atoms with Gasteiger partial charge in [0.25, 0.3) is 5.56 Å². The molecule has 0 aliphatic rings. The number of benzene rings is 1. The predicted octanol–water partition coefficient (Wildman–Crippen LogP) is 0.385. The molecule has 0 saturated heterocycles. The van der Waals surface area contributed by atoms with Crippen LogP contribution in [-0.2, 0) is 30.5 Å². The molecule has 8 heteroatoms. The van der Waals surface area contributed by atoms with Crippen molar-refractivity contribution >= 4 is 10.0 Å². The van der Waals surface area contributed by atoms with Gasteiger partial charge in [-0.1, -0.05) is 30.3 Å². The molecule has 24 heavy (non-hydrogen) atoms. The van der Waals surface area contributed by atoms with Crippen LogP contribution in [-0.4, -0.2) is 24.1 Å². The fourth-order valence-corrected chi connectivity index (χ4v) is 3.57. The lowest BCUT2D eigenvalue weighted by atomic mass is 10.1. The van der Waals surface area contributed by atoms with Gasteiger partial charge in [0.2, 0.25) is 10.0 Å². The zero-order chi connectivity index (χ0) is 17.7. The molecule has 1 aromatic carbocycles. The molecular formula is C16H21N3O4S. The number of unbranched alkanes of at least 4 members (excludes halogenated alkanes) is 1. The highest BCUT2D eigenvalue weighted by Crippen LogP contribution is 2.05. The zero-order valence-corrected chi connectivity index (χ0v) is 14.5. The van der Waals surface area contributed by atoms with E-state index in [9.17, 15) is 18.0 Å². The van der Waals surface area contributed by atoms with E-state index in [1.807, 2.05) is 30.3 Å². The van der Waals surface area contributed by atoms with Crippen LogP contribution in [0.2, 0.25) is 0 Å². The SMILES string of the molecule is Cn1cc(S(=O)(=O)NCCCCc2ccccc2)c(=O)n(C)c1=O. The van der Waals surface area contributed by atoms with Crippen molar-refractivity contribution in [2.75, 3.05) is 6.54 Å². The van der Waals surface area contributed by atoms with Crippen LogP contribution in [0.4, 0.5) is 0 Å². The number of nitrogens with zero attached hydrogens (tertiary/aromatic N) is 2. The lowest BCUT2D eigenvalue weighted by Crippen LogP contribution is -2.41. The zero-order valence-electron chi connectivity index (χ0n) is 13.7. The van der Waals surface area contributed by atoms with Crippen LogP contribution in [0.1, 0.15) is 18.4 Å². The Morgan fingerprint density at radius 1 is 1.04 bits per heavy atom. The maximum Gasteiger partial charge on any atom is 0.330 e.